The van der Waals surface area contributed by atoms with Gasteiger partial charge in [-0.1, -0.05) is 31.2 Å². The maximum absolute atomic E-state index is 4.57. The molecule has 0 aliphatic carbocycles. The van der Waals surface area contributed by atoms with Crippen LogP contribution in [0.15, 0.2) is 41.7 Å². The van der Waals surface area contributed by atoms with Crippen molar-refractivity contribution in [1.29, 1.82) is 0 Å². The van der Waals surface area contributed by atoms with E-state index in [0.717, 1.165) is 44.5 Å². The van der Waals surface area contributed by atoms with E-state index in [9.17, 15) is 0 Å². The smallest absolute Gasteiger partial charge is 0.193 e. The number of nitrogens with one attached hydrogen (secondary N) is 1. The van der Waals surface area contributed by atoms with Crippen LogP contribution >= 0.6 is 0 Å². The number of hydrogen-bond acceptors (Lipinski definition) is 3. The molecule has 1 N–H and O–H groups in total. The first-order valence-corrected chi connectivity index (χ1v) is 11.4. The highest BCUT2D eigenvalue weighted by Gasteiger charge is 2.27. The number of nitrogens with zero attached hydrogens (tertiary/aromatic N) is 5. The van der Waals surface area contributed by atoms with E-state index in [2.05, 4.69) is 62.6 Å². The van der Waals surface area contributed by atoms with E-state index in [-0.39, 0.29) is 0 Å². The van der Waals surface area contributed by atoms with Gasteiger partial charge >= 0.3 is 0 Å². The molecule has 6 nitrogen and oxygen atoms in total. The van der Waals surface area contributed by atoms with Crippen LogP contribution in [0, 0.1) is 5.92 Å². The average molecular weight is 409 g/mol. The lowest BCUT2D eigenvalue weighted by molar-refractivity contribution is 0.176. The predicted octanol–water partition coefficient (Wildman–Crippen LogP) is 3.22. The molecule has 0 amide bonds. The summed E-state index contributed by atoms with van der Waals surface area (Å²) in [5.74, 6) is 2.35. The van der Waals surface area contributed by atoms with Gasteiger partial charge in [0.1, 0.15) is 0 Å². The lowest BCUT2D eigenvalue weighted by Crippen LogP contribution is -2.40. The van der Waals surface area contributed by atoms with Crippen LogP contribution in [-0.4, -0.2) is 58.8 Å². The van der Waals surface area contributed by atoms with Crippen LogP contribution in [-0.2, 0) is 20.1 Å². The van der Waals surface area contributed by atoms with Crippen LogP contribution in [0.1, 0.15) is 48.8 Å². The van der Waals surface area contributed by atoms with E-state index >= 15 is 0 Å². The molecule has 2 unspecified atom stereocenters. The summed E-state index contributed by atoms with van der Waals surface area (Å²) in [5.41, 5.74) is 4.14. The van der Waals surface area contributed by atoms with E-state index in [0.29, 0.717) is 5.92 Å². The second-order valence-electron chi connectivity index (χ2n) is 9.03. The van der Waals surface area contributed by atoms with E-state index in [1.54, 1.807) is 0 Å². The number of hydrogen-bond donors (Lipinski definition) is 1. The molecule has 2 fully saturated rings. The van der Waals surface area contributed by atoms with Gasteiger partial charge in [-0.25, -0.2) is 0 Å². The topological polar surface area (TPSA) is 48.7 Å². The molecule has 2 aromatic rings. The van der Waals surface area contributed by atoms with Crippen LogP contribution in [0.3, 0.4) is 0 Å². The van der Waals surface area contributed by atoms with Gasteiger partial charge in [-0.15, -0.1) is 0 Å². The second kappa shape index (κ2) is 9.65. The minimum atomic E-state index is 0.533. The highest BCUT2D eigenvalue weighted by molar-refractivity contribution is 5.80. The molecule has 0 bridgehead atoms. The molecule has 3 heterocycles. The Balaban J connectivity index is 1.35. The summed E-state index contributed by atoms with van der Waals surface area (Å²) in [6.45, 7) is 8.71. The van der Waals surface area contributed by atoms with Crippen LogP contribution in [0.5, 0.6) is 0 Å². The number of aryl methyl sites for hydroxylation is 1. The van der Waals surface area contributed by atoms with Gasteiger partial charge in [0.05, 0.1) is 6.20 Å². The Morgan fingerprint density at radius 2 is 2.00 bits per heavy atom. The number of aliphatic imine (C=N–C) groups is 1. The third kappa shape index (κ3) is 5.04. The van der Waals surface area contributed by atoms with Gasteiger partial charge < -0.3 is 10.2 Å². The number of rotatable bonds is 5. The summed E-state index contributed by atoms with van der Waals surface area (Å²) in [5, 5.41) is 7.97. The number of guanidine groups is 1. The molecule has 2 aliphatic rings. The summed E-state index contributed by atoms with van der Waals surface area (Å²) >= 11 is 0. The van der Waals surface area contributed by atoms with E-state index in [1.165, 1.54) is 42.6 Å². The molecule has 0 spiro atoms. The molecule has 1 aromatic heterocycles. The minimum Gasteiger partial charge on any atom is -0.352 e. The first-order valence-electron chi connectivity index (χ1n) is 11.4. The van der Waals surface area contributed by atoms with Crippen LogP contribution in [0.2, 0.25) is 0 Å². The third-order valence-corrected chi connectivity index (χ3v) is 6.59. The van der Waals surface area contributed by atoms with Crippen LogP contribution < -0.4 is 5.32 Å². The Kier molecular flexibility index (Phi) is 6.72. The van der Waals surface area contributed by atoms with Crippen molar-refractivity contribution in [3.8, 4) is 0 Å². The van der Waals surface area contributed by atoms with Crippen molar-refractivity contribution in [3.63, 3.8) is 0 Å². The third-order valence-electron chi connectivity index (χ3n) is 6.59. The zero-order valence-corrected chi connectivity index (χ0v) is 18.7. The average Bonchev–Trinajstić information content (AvgIpc) is 3.39. The first-order chi connectivity index (χ1) is 14.6. The maximum Gasteiger partial charge on any atom is 0.193 e. The molecule has 162 valence electrons. The summed E-state index contributed by atoms with van der Waals surface area (Å²) in [6.07, 6.45) is 7.98. The normalized spacial score (nSPS) is 23.2. The quantitative estimate of drug-likeness (QED) is 0.610. The fourth-order valence-electron chi connectivity index (χ4n) is 4.94. The van der Waals surface area contributed by atoms with Gasteiger partial charge in [0.2, 0.25) is 0 Å². The molecular weight excluding hydrogens is 372 g/mol. The number of piperidine rings is 1. The monoisotopic (exact) mass is 408 g/mol. The van der Waals surface area contributed by atoms with Gasteiger partial charge in [-0.05, 0) is 48.4 Å². The van der Waals surface area contributed by atoms with E-state index < -0.39 is 0 Å². The molecule has 0 saturated carbocycles. The van der Waals surface area contributed by atoms with E-state index in [4.69, 9.17) is 0 Å². The SMILES string of the molecule is CN=C(NCc1ccccc1CN1CCCC(C)C1)N1CCC(c2cnn(C)c2)C1. The van der Waals surface area contributed by atoms with Crippen LogP contribution in [0.4, 0.5) is 0 Å². The van der Waals surface area contributed by atoms with Crippen molar-refractivity contribution in [2.45, 2.75) is 45.2 Å². The van der Waals surface area contributed by atoms with Crippen molar-refractivity contribution in [1.82, 2.24) is 24.9 Å². The predicted molar refractivity (Wildman–Crippen MR) is 122 cm³/mol. The Morgan fingerprint density at radius 3 is 2.73 bits per heavy atom. The van der Waals surface area contributed by atoms with Crippen molar-refractivity contribution < 1.29 is 0 Å². The molecule has 1 aromatic carbocycles. The number of likely N-dealkylation sites (tertiary alicyclic amines) is 2. The highest BCUT2D eigenvalue weighted by atomic mass is 15.3. The highest BCUT2D eigenvalue weighted by Crippen LogP contribution is 2.27. The molecule has 6 heteroatoms. The van der Waals surface area contributed by atoms with Gasteiger partial charge in [0, 0.05) is 58.9 Å². The minimum absolute atomic E-state index is 0.533. The molecule has 2 aliphatic heterocycles. The maximum atomic E-state index is 4.57. The Morgan fingerprint density at radius 1 is 1.17 bits per heavy atom. The van der Waals surface area contributed by atoms with Gasteiger partial charge in [0.25, 0.3) is 0 Å². The summed E-state index contributed by atoms with van der Waals surface area (Å²) in [7, 11) is 3.87. The first kappa shape index (κ1) is 20.9. The fraction of sp³-hybridized carbons (Fsp3) is 0.583. The number of aromatic nitrogens is 2. The fourth-order valence-corrected chi connectivity index (χ4v) is 4.94. The molecule has 2 atom stereocenters. The molecule has 2 saturated heterocycles. The summed E-state index contributed by atoms with van der Waals surface area (Å²) in [6, 6.07) is 8.86. The zero-order chi connectivity index (χ0) is 20.9. The van der Waals surface area contributed by atoms with Crippen LogP contribution in [0.25, 0.3) is 0 Å². The largest absolute Gasteiger partial charge is 0.352 e. The van der Waals surface area contributed by atoms with Crippen molar-refractivity contribution in [3.05, 3.63) is 53.3 Å². The molecule has 4 rings (SSSR count). The lowest BCUT2D eigenvalue weighted by Gasteiger charge is -2.31. The van der Waals surface area contributed by atoms with Gasteiger partial charge in [-0.3, -0.25) is 14.6 Å². The second-order valence-corrected chi connectivity index (χ2v) is 9.03. The van der Waals surface area contributed by atoms with Crippen molar-refractivity contribution >= 4 is 5.96 Å². The summed E-state index contributed by atoms with van der Waals surface area (Å²) in [4.78, 5) is 9.57. The van der Waals surface area contributed by atoms with Gasteiger partial charge in [0.15, 0.2) is 5.96 Å². The molecule has 30 heavy (non-hydrogen) atoms. The summed E-state index contributed by atoms with van der Waals surface area (Å²) < 4.78 is 1.89. The number of benzene rings is 1. The van der Waals surface area contributed by atoms with E-state index in [1.807, 2.05) is 25.0 Å². The Labute approximate surface area is 181 Å². The van der Waals surface area contributed by atoms with Gasteiger partial charge in [-0.2, -0.15) is 5.10 Å². The molecule has 0 radical (unpaired) electrons. The van der Waals surface area contributed by atoms with Crippen molar-refractivity contribution in [2.75, 3.05) is 33.2 Å². The lowest BCUT2D eigenvalue weighted by atomic mass is 9.99. The van der Waals surface area contributed by atoms with Crippen molar-refractivity contribution in [2.24, 2.45) is 18.0 Å². The molecular formula is C24H36N6. The Bertz CT molecular complexity index is 857. The zero-order valence-electron chi connectivity index (χ0n) is 18.7. The Hall–Kier alpha value is -2.34. The standard InChI is InChI=1S/C24H36N6/c1-19-7-6-11-29(15-19)17-21-9-5-4-8-20(21)13-26-24(25-2)30-12-10-22(18-30)23-14-27-28(3)16-23/h4-5,8-9,14,16,19,22H,6-7,10-13,15,17-18H2,1-3H3,(H,25,26).